The van der Waals surface area contributed by atoms with Gasteiger partial charge >= 0.3 is 24.1 Å². The van der Waals surface area contributed by atoms with Gasteiger partial charge in [-0.25, -0.2) is 90.5 Å². The molecule has 8 aliphatic carbocycles. The minimum Gasteiger partial charge on any atom is -0.477 e. The number of nitrogens with zero attached hydrogens (tertiary/aromatic N) is 8. The van der Waals surface area contributed by atoms with E-state index >= 15 is 0 Å². The summed E-state index contributed by atoms with van der Waals surface area (Å²) in [5.74, 6) is 0.922. The fourth-order valence-electron chi connectivity index (χ4n) is 18.9. The van der Waals surface area contributed by atoms with Gasteiger partial charge in [-0.3, -0.25) is 0 Å². The second-order valence-electron chi connectivity index (χ2n) is 32.1. The van der Waals surface area contributed by atoms with Gasteiger partial charge in [0.25, 0.3) is 40.1 Å². The van der Waals surface area contributed by atoms with Crippen molar-refractivity contribution in [2.24, 2.45) is 5.92 Å². The standard InChI is InChI=1S/C20H24N4O5S.3C20H24N4O4S/c1-28-14-10-24-19(29-11-14)17(9-21-24)30(26,27)23-20(25)22-18-15-6-2-4-12(15)8-13-5-3-7-16(13)18;1-12-13-5-2-7-15(13)18(16-8-3-6-14(12)16)22-20(25)23-29(26,27)17-11-21-24-9-4-10-28-19(17)24;1-12-10-24-19(28-11-12)17(9-21-24)29(26,27)23-20(25)22-18-15-6-2-4-13(15)8-14-5-3-7-16(14)18;1-12-8-9-24-19(28-12)17(11-21-24)29(26,27)23-20(25)22-18-15-6-2-4-13(15)10-14-5-3-7-16(14)18/h8-9,14H,2-7,10-11H2,1H3,(H2,22,23,25);11H,2-10H2,1H3,(H2,22,23,25);8-9,12H,2-7,10-11H2,1H3,(H2,22,23,25);10-12H,2-9H2,1H3,(H2,22,23,25). The Morgan fingerprint density at radius 3 is 1.09 bits per heavy atom. The van der Waals surface area contributed by atoms with E-state index in [1.54, 1.807) is 7.11 Å². The van der Waals surface area contributed by atoms with Crippen LogP contribution in [0.2, 0.25) is 0 Å². The molecule has 20 rings (SSSR count). The number of sulfonamides is 4. The van der Waals surface area contributed by atoms with Gasteiger partial charge in [-0.1, -0.05) is 25.1 Å². The highest BCUT2D eigenvalue weighted by Gasteiger charge is 2.38. The zero-order valence-corrected chi connectivity index (χ0v) is 69.0. The smallest absolute Gasteiger partial charge is 0.333 e. The van der Waals surface area contributed by atoms with Crippen LogP contribution in [0, 0.1) is 12.8 Å². The van der Waals surface area contributed by atoms with Crippen LogP contribution in [0.15, 0.2) is 62.6 Å². The SMILES string of the molecule is CC1CCn2ncc(S(=O)(=O)NC(=O)Nc3c4c(cc5c3CCC5)CCC4)c2O1.CC1COc2c(S(=O)(=O)NC(=O)Nc3c4c(cc5c3CCC5)CCC4)cnn2C1.COC1COc2c(S(=O)(=O)NC(=O)Nc3c4c(cc5c3CCC5)CCC4)cnn2C1.Cc1c2c(c(NC(=O)NS(=O)(=O)c3cnn4c3OCCC4)c3c1CCC3)CCC2. The predicted octanol–water partition coefficient (Wildman–Crippen LogP) is 9.18. The van der Waals surface area contributed by atoms with Crippen molar-refractivity contribution < 1.29 is 76.5 Å². The summed E-state index contributed by atoms with van der Waals surface area (Å²) >= 11 is 0. The van der Waals surface area contributed by atoms with Gasteiger partial charge in [-0.15, -0.1) is 0 Å². The number of rotatable bonds is 13. The Bertz CT molecular complexity index is 5740. The zero-order chi connectivity index (χ0) is 81.4. The predicted molar refractivity (Wildman–Crippen MR) is 429 cm³/mol. The Hall–Kier alpha value is -10.2. The number of anilines is 4. The van der Waals surface area contributed by atoms with Crippen molar-refractivity contribution in [2.75, 3.05) is 48.2 Å². The minimum atomic E-state index is -4.14. The first-order valence-corrected chi connectivity index (χ1v) is 46.5. The molecule has 4 aliphatic heterocycles. The number of methoxy groups -OCH3 is 1. The van der Waals surface area contributed by atoms with Crippen LogP contribution in [0.1, 0.15) is 173 Å². The summed E-state index contributed by atoms with van der Waals surface area (Å²) in [6, 6.07) is 3.78. The lowest BCUT2D eigenvalue weighted by atomic mass is 9.93. The molecule has 0 saturated heterocycles. The van der Waals surface area contributed by atoms with E-state index < -0.39 is 64.2 Å². The maximum absolute atomic E-state index is 12.8. The van der Waals surface area contributed by atoms with E-state index in [0.29, 0.717) is 39.4 Å². The second kappa shape index (κ2) is 31.9. The van der Waals surface area contributed by atoms with E-state index in [1.165, 1.54) is 105 Å². The van der Waals surface area contributed by atoms with Gasteiger partial charge in [0, 0.05) is 61.7 Å². The Morgan fingerprint density at radius 2 is 0.701 bits per heavy atom. The first kappa shape index (κ1) is 79.2. The van der Waals surface area contributed by atoms with Crippen LogP contribution in [0.25, 0.3) is 0 Å². The van der Waals surface area contributed by atoms with Crippen LogP contribution in [-0.4, -0.2) is 136 Å². The molecule has 8 aromatic rings. The largest absolute Gasteiger partial charge is 0.477 e. The number of aryl methyl sites for hydroxylation is 8. The monoisotopic (exact) mass is 1680 g/mol. The number of nitrogens with one attached hydrogen (secondary N) is 8. The molecule has 4 aromatic heterocycles. The number of hydrogen-bond donors (Lipinski definition) is 8. The summed E-state index contributed by atoms with van der Waals surface area (Å²) in [5, 5.41) is 27.7. The van der Waals surface area contributed by atoms with Crippen molar-refractivity contribution in [3.05, 3.63) is 138 Å². The lowest BCUT2D eigenvalue weighted by molar-refractivity contribution is 0.0165. The third-order valence-electron chi connectivity index (χ3n) is 24.3. The van der Waals surface area contributed by atoms with E-state index in [2.05, 4.69) is 85.7 Å². The molecule has 4 aromatic carbocycles. The second-order valence-corrected chi connectivity index (χ2v) is 38.7. The fourth-order valence-corrected chi connectivity index (χ4v) is 22.8. The van der Waals surface area contributed by atoms with Gasteiger partial charge in [0.1, 0.15) is 12.7 Å². The van der Waals surface area contributed by atoms with Crippen LogP contribution < -0.4 is 59.1 Å². The molecule has 12 aliphatic rings. The quantitative estimate of drug-likeness (QED) is 0.0533. The molecule has 3 unspecified atom stereocenters. The summed E-state index contributed by atoms with van der Waals surface area (Å²) in [4.78, 5) is 50.3. The highest BCUT2D eigenvalue weighted by molar-refractivity contribution is 7.91. The van der Waals surface area contributed by atoms with E-state index in [-0.39, 0.29) is 67.8 Å². The fraction of sp³-hybridized carbons (Fsp3) is 0.500. The van der Waals surface area contributed by atoms with Crippen molar-refractivity contribution in [1.29, 1.82) is 0 Å². The van der Waals surface area contributed by atoms with Crippen molar-refractivity contribution in [1.82, 2.24) is 58.0 Å². The average Bonchev–Trinajstić information content (AvgIpc) is 1.60. The van der Waals surface area contributed by atoms with Gasteiger partial charge in [0.05, 0.1) is 57.2 Å². The van der Waals surface area contributed by atoms with Crippen LogP contribution in [0.5, 0.6) is 23.5 Å². The molecular formula is C80H96N16O17S4. The van der Waals surface area contributed by atoms with Gasteiger partial charge < -0.3 is 45.0 Å². The molecule has 0 saturated carbocycles. The lowest BCUT2D eigenvalue weighted by Gasteiger charge is -2.23. The summed E-state index contributed by atoms with van der Waals surface area (Å²) in [5.41, 5.74) is 24.1. The highest BCUT2D eigenvalue weighted by atomic mass is 32.2. The molecule has 37 heteroatoms. The van der Waals surface area contributed by atoms with Gasteiger partial charge in [-0.05, 0) is 263 Å². The zero-order valence-electron chi connectivity index (χ0n) is 65.8. The number of aromatic nitrogens is 8. The van der Waals surface area contributed by atoms with E-state index in [9.17, 15) is 52.8 Å². The van der Waals surface area contributed by atoms with Crippen molar-refractivity contribution in [2.45, 2.75) is 246 Å². The molecule has 0 bridgehead atoms. The number of carbonyl (C=O) groups excluding carboxylic acids is 4. The first-order valence-electron chi connectivity index (χ1n) is 40.6. The maximum atomic E-state index is 12.8. The van der Waals surface area contributed by atoms with Crippen LogP contribution in [0.3, 0.4) is 0 Å². The molecule has 8 heterocycles. The van der Waals surface area contributed by atoms with Crippen molar-refractivity contribution >= 4 is 87.0 Å². The lowest BCUT2D eigenvalue weighted by Crippen LogP contribution is -2.36. The number of benzene rings is 4. The normalized spacial score (nSPS) is 19.1. The van der Waals surface area contributed by atoms with Gasteiger partial charge in [0.15, 0.2) is 19.6 Å². The van der Waals surface area contributed by atoms with Crippen LogP contribution in [0.4, 0.5) is 41.9 Å². The molecule has 33 nitrogen and oxygen atoms in total. The first-order chi connectivity index (χ1) is 56.3. The van der Waals surface area contributed by atoms with Crippen molar-refractivity contribution in [3.63, 3.8) is 0 Å². The Kier molecular flexibility index (Phi) is 21.6. The van der Waals surface area contributed by atoms with E-state index in [1.807, 2.05) is 13.8 Å². The molecule has 8 N–H and O–H groups in total. The van der Waals surface area contributed by atoms with Crippen LogP contribution in [-0.2, 0) is 174 Å². The summed E-state index contributed by atoms with van der Waals surface area (Å²) in [6.45, 7) is 9.27. The van der Waals surface area contributed by atoms with Crippen molar-refractivity contribution in [3.8, 4) is 23.5 Å². The number of ether oxygens (including phenoxy) is 5. The third-order valence-corrected chi connectivity index (χ3v) is 29.6. The molecule has 0 radical (unpaired) electrons. The summed E-state index contributed by atoms with van der Waals surface area (Å²) in [6.07, 6.45) is 29.9. The Balaban J connectivity index is 0.000000112. The number of amides is 8. The number of fused-ring (bicyclic) bond motifs is 12. The van der Waals surface area contributed by atoms with E-state index in [0.717, 1.165) is 223 Å². The molecule has 0 fully saturated rings. The molecule has 0 spiro atoms. The molecular weight excluding hydrogens is 1590 g/mol. The molecule has 3 atom stereocenters. The highest BCUT2D eigenvalue weighted by Crippen LogP contribution is 2.45. The molecule has 117 heavy (non-hydrogen) atoms. The number of urea groups is 4. The molecule has 8 amide bonds. The molecule has 622 valence electrons. The van der Waals surface area contributed by atoms with Crippen LogP contribution >= 0.6 is 0 Å². The average molecular weight is 1680 g/mol. The Labute approximate surface area is 678 Å². The third kappa shape index (κ3) is 15.6. The van der Waals surface area contributed by atoms with E-state index in [4.69, 9.17) is 23.7 Å². The summed E-state index contributed by atoms with van der Waals surface area (Å²) < 4.78 is 145. The number of hydrogen-bond acceptors (Lipinski definition) is 21. The maximum Gasteiger partial charge on any atom is 0.333 e. The summed E-state index contributed by atoms with van der Waals surface area (Å²) in [7, 11) is -14.9. The Morgan fingerprint density at radius 1 is 0.385 bits per heavy atom. The number of carbonyl (C=O) groups is 4. The van der Waals surface area contributed by atoms with Gasteiger partial charge in [0.2, 0.25) is 23.5 Å². The topological polar surface area (TPSA) is 419 Å². The van der Waals surface area contributed by atoms with Gasteiger partial charge in [-0.2, -0.15) is 20.4 Å². The minimum absolute atomic E-state index is 0.100.